The number of imide groups is 1. The number of carbonyl (C=O) groups excluding carboxylic acids is 3. The zero-order valence-corrected chi connectivity index (χ0v) is 17.4. The largest absolute Gasteiger partial charge is 0.460 e. The van der Waals surface area contributed by atoms with E-state index in [0.717, 1.165) is 16.0 Å². The molecule has 3 amide bonds. The fourth-order valence-corrected chi connectivity index (χ4v) is 3.87. The lowest BCUT2D eigenvalue weighted by Crippen LogP contribution is -2.61. The third-order valence-corrected chi connectivity index (χ3v) is 5.46. The van der Waals surface area contributed by atoms with Crippen LogP contribution in [0.3, 0.4) is 0 Å². The highest BCUT2D eigenvalue weighted by Gasteiger charge is 2.53. The van der Waals surface area contributed by atoms with Crippen molar-refractivity contribution < 1.29 is 23.7 Å². The normalized spacial score (nSPS) is 18.7. The zero-order valence-electron chi connectivity index (χ0n) is 16.6. The highest BCUT2D eigenvalue weighted by Crippen LogP contribution is 2.23. The maximum atomic E-state index is 12.7. The number of benzene rings is 1. The van der Waals surface area contributed by atoms with Crippen LogP contribution in [0, 0.1) is 0 Å². The van der Waals surface area contributed by atoms with Gasteiger partial charge in [0.25, 0.3) is 17.8 Å². The molecule has 1 aromatic carbocycles. The summed E-state index contributed by atoms with van der Waals surface area (Å²) in [5, 5.41) is 0.493. The van der Waals surface area contributed by atoms with Gasteiger partial charge >= 0.3 is 17.2 Å². The van der Waals surface area contributed by atoms with Gasteiger partial charge in [-0.25, -0.2) is 9.37 Å². The van der Waals surface area contributed by atoms with Crippen LogP contribution >= 0.6 is 11.8 Å². The predicted molar refractivity (Wildman–Crippen MR) is 111 cm³/mol. The van der Waals surface area contributed by atoms with Gasteiger partial charge in [-0.15, -0.1) is 0 Å². The molecule has 2 heterocycles. The van der Waals surface area contributed by atoms with Crippen molar-refractivity contribution in [1.29, 1.82) is 0 Å². The van der Waals surface area contributed by atoms with Gasteiger partial charge < -0.3 is 4.74 Å². The molecule has 9 heteroatoms. The molecule has 152 valence electrons. The van der Waals surface area contributed by atoms with Crippen LogP contribution in [0.2, 0.25) is 0 Å². The SMILES string of the molecule is C=C(C)C[N+]1=C(SCC(=O)OCc2ccccc2)N=C2C1C(=O)N(C)C(=O)N2C. The number of aliphatic imine (C=N–C) groups is 1. The highest BCUT2D eigenvalue weighted by molar-refractivity contribution is 8.14. The minimum atomic E-state index is -0.706. The van der Waals surface area contributed by atoms with Crippen molar-refractivity contribution in [3.05, 3.63) is 48.0 Å². The summed E-state index contributed by atoms with van der Waals surface area (Å²) in [7, 11) is 3.03. The Hall–Kier alpha value is -2.94. The van der Waals surface area contributed by atoms with Crippen LogP contribution in [0.1, 0.15) is 12.5 Å². The van der Waals surface area contributed by atoms with Crippen LogP contribution in [0.15, 0.2) is 47.5 Å². The van der Waals surface area contributed by atoms with Crippen molar-refractivity contribution in [2.24, 2.45) is 4.99 Å². The Labute approximate surface area is 173 Å². The van der Waals surface area contributed by atoms with Crippen molar-refractivity contribution >= 4 is 40.7 Å². The number of urea groups is 1. The summed E-state index contributed by atoms with van der Waals surface area (Å²) in [4.78, 5) is 44.0. The number of fused-ring (bicyclic) bond motifs is 1. The highest BCUT2D eigenvalue weighted by atomic mass is 32.2. The lowest BCUT2D eigenvalue weighted by atomic mass is 10.1. The molecule has 1 saturated heterocycles. The molecule has 29 heavy (non-hydrogen) atoms. The molecule has 1 fully saturated rings. The average Bonchev–Trinajstić information content (AvgIpc) is 3.06. The van der Waals surface area contributed by atoms with E-state index in [4.69, 9.17) is 4.74 Å². The maximum absolute atomic E-state index is 12.7. The number of hydrogen-bond donors (Lipinski definition) is 0. The van der Waals surface area contributed by atoms with Crippen LogP contribution in [0.25, 0.3) is 0 Å². The standard InChI is InChI=1S/C20H23N4O4S/c1-13(2)10-24-16-17(22(3)20(27)23(4)18(16)26)21-19(24)29-12-15(25)28-11-14-8-6-5-7-9-14/h5-9,16H,1,10-12H2,2-4H3/q+1. The topological polar surface area (TPSA) is 82.3 Å². The number of amides is 3. The first-order chi connectivity index (χ1) is 13.8. The lowest BCUT2D eigenvalue weighted by molar-refractivity contribution is -0.524. The molecule has 0 spiro atoms. The second-order valence-electron chi connectivity index (χ2n) is 6.91. The number of ether oxygens (including phenoxy) is 1. The van der Waals surface area contributed by atoms with Gasteiger partial charge in [0.1, 0.15) is 18.9 Å². The summed E-state index contributed by atoms with van der Waals surface area (Å²) < 4.78 is 7.07. The molecule has 3 rings (SSSR count). The van der Waals surface area contributed by atoms with E-state index in [-0.39, 0.29) is 24.2 Å². The number of nitrogens with zero attached hydrogens (tertiary/aromatic N) is 4. The molecular formula is C20H23N4O4S+. The number of likely N-dealkylation sites (N-methyl/N-ethyl adjacent to an activating group) is 2. The average molecular weight is 415 g/mol. The third-order valence-electron chi connectivity index (χ3n) is 4.50. The fourth-order valence-electron chi connectivity index (χ4n) is 3.04. The van der Waals surface area contributed by atoms with Gasteiger partial charge in [-0.2, -0.15) is 0 Å². The van der Waals surface area contributed by atoms with E-state index in [1.165, 1.54) is 23.7 Å². The summed E-state index contributed by atoms with van der Waals surface area (Å²) in [6.45, 7) is 6.35. The molecule has 0 N–H and O–H groups in total. The maximum Gasteiger partial charge on any atom is 0.358 e. The minimum absolute atomic E-state index is 0.0417. The van der Waals surface area contributed by atoms with Crippen LogP contribution in [-0.4, -0.2) is 75.7 Å². The molecule has 1 unspecified atom stereocenters. The molecule has 1 aromatic rings. The van der Waals surface area contributed by atoms with Gasteiger partial charge in [-0.05, 0) is 34.8 Å². The van der Waals surface area contributed by atoms with Crippen molar-refractivity contribution in [1.82, 2.24) is 9.80 Å². The van der Waals surface area contributed by atoms with Crippen molar-refractivity contribution in [3.8, 4) is 0 Å². The Morgan fingerprint density at radius 1 is 1.24 bits per heavy atom. The van der Waals surface area contributed by atoms with Crippen LogP contribution in [-0.2, 0) is 20.9 Å². The number of esters is 1. The quantitative estimate of drug-likeness (QED) is 0.401. The van der Waals surface area contributed by atoms with Gasteiger partial charge in [-0.1, -0.05) is 36.9 Å². The molecule has 1 atom stereocenters. The Morgan fingerprint density at radius 3 is 2.59 bits per heavy atom. The first kappa shape index (κ1) is 20.8. The van der Waals surface area contributed by atoms with Crippen LogP contribution in [0.5, 0.6) is 0 Å². The monoisotopic (exact) mass is 415 g/mol. The number of carbonyl (C=O) groups is 3. The zero-order chi connectivity index (χ0) is 21.1. The number of hydrogen-bond acceptors (Lipinski definition) is 6. The van der Waals surface area contributed by atoms with E-state index >= 15 is 0 Å². The molecule has 2 aliphatic rings. The summed E-state index contributed by atoms with van der Waals surface area (Å²) in [5.41, 5.74) is 1.74. The van der Waals surface area contributed by atoms with Gasteiger partial charge in [0.15, 0.2) is 0 Å². The molecule has 0 bridgehead atoms. The van der Waals surface area contributed by atoms with E-state index in [1.807, 2.05) is 37.3 Å². The van der Waals surface area contributed by atoms with E-state index in [1.54, 1.807) is 11.6 Å². The Balaban J connectivity index is 1.73. The molecule has 0 radical (unpaired) electrons. The molecular weight excluding hydrogens is 392 g/mol. The second-order valence-corrected chi connectivity index (χ2v) is 7.86. The van der Waals surface area contributed by atoms with Gasteiger partial charge in [0.2, 0.25) is 0 Å². The third kappa shape index (κ3) is 4.40. The van der Waals surface area contributed by atoms with E-state index in [9.17, 15) is 14.4 Å². The van der Waals surface area contributed by atoms with Crippen molar-refractivity contribution in [3.63, 3.8) is 0 Å². The number of amidine groups is 2. The van der Waals surface area contributed by atoms with Crippen molar-refractivity contribution in [2.45, 2.75) is 19.6 Å². The van der Waals surface area contributed by atoms with Crippen molar-refractivity contribution in [2.75, 3.05) is 26.4 Å². The molecule has 8 nitrogen and oxygen atoms in total. The minimum Gasteiger partial charge on any atom is -0.460 e. The fraction of sp³-hybridized carbons (Fsp3) is 0.350. The summed E-state index contributed by atoms with van der Waals surface area (Å²) in [6, 6.07) is 8.28. The Bertz CT molecular complexity index is 926. The first-order valence-corrected chi connectivity index (χ1v) is 10.0. The molecule has 2 aliphatic heterocycles. The molecule has 0 aromatic heterocycles. The van der Waals surface area contributed by atoms with Gasteiger partial charge in [0, 0.05) is 14.1 Å². The van der Waals surface area contributed by atoms with Crippen LogP contribution in [0.4, 0.5) is 4.79 Å². The smallest absolute Gasteiger partial charge is 0.358 e. The number of thioether (sulfide) groups is 1. The summed E-state index contributed by atoms with van der Waals surface area (Å²) in [6.07, 6.45) is 0. The Kier molecular flexibility index (Phi) is 6.17. The van der Waals surface area contributed by atoms with Crippen LogP contribution < -0.4 is 0 Å². The summed E-state index contributed by atoms with van der Waals surface area (Å²) in [5.74, 6) is -0.334. The van der Waals surface area contributed by atoms with Gasteiger partial charge in [0.05, 0.1) is 0 Å². The molecule has 0 aliphatic carbocycles. The molecule has 0 saturated carbocycles. The number of rotatable bonds is 6. The lowest BCUT2D eigenvalue weighted by Gasteiger charge is -2.30. The summed E-state index contributed by atoms with van der Waals surface area (Å²) >= 11 is 1.18. The Morgan fingerprint density at radius 2 is 1.93 bits per heavy atom. The van der Waals surface area contributed by atoms with E-state index < -0.39 is 12.1 Å². The van der Waals surface area contributed by atoms with E-state index in [0.29, 0.717) is 17.5 Å². The van der Waals surface area contributed by atoms with E-state index in [2.05, 4.69) is 11.6 Å². The second kappa shape index (κ2) is 8.60. The van der Waals surface area contributed by atoms with Gasteiger partial charge in [-0.3, -0.25) is 19.4 Å². The predicted octanol–water partition coefficient (Wildman–Crippen LogP) is 1.71. The first-order valence-electron chi connectivity index (χ1n) is 9.03.